The lowest BCUT2D eigenvalue weighted by Gasteiger charge is -2.00. The van der Waals surface area contributed by atoms with Gasteiger partial charge in [0.15, 0.2) is 11.5 Å². The number of nitrogens with zero attached hydrogens (tertiary/aromatic N) is 3. The molecule has 0 unspecified atom stereocenters. The lowest BCUT2D eigenvalue weighted by atomic mass is 10.1. The number of rotatable bonds is 2. The summed E-state index contributed by atoms with van der Waals surface area (Å²) >= 11 is 5.91. The third kappa shape index (κ3) is 1.65. The molecule has 16 heavy (non-hydrogen) atoms. The average molecular weight is 237 g/mol. The van der Waals surface area contributed by atoms with Crippen molar-refractivity contribution >= 4 is 23.2 Å². The Bertz CT molecular complexity index is 550. The predicted octanol–water partition coefficient (Wildman–Crippen LogP) is 1.28. The fourth-order valence-electron chi connectivity index (χ4n) is 1.30. The monoisotopic (exact) mass is 236 g/mol. The van der Waals surface area contributed by atoms with Gasteiger partial charge in [0.25, 0.3) is 0 Å². The molecule has 0 spiro atoms. The van der Waals surface area contributed by atoms with E-state index in [1.54, 1.807) is 31.3 Å². The lowest BCUT2D eigenvalue weighted by molar-refractivity contribution is 0.103. The Morgan fingerprint density at radius 1 is 1.44 bits per heavy atom. The van der Waals surface area contributed by atoms with Gasteiger partial charge in [-0.25, -0.2) is 4.68 Å². The quantitative estimate of drug-likeness (QED) is 0.798. The van der Waals surface area contributed by atoms with Gasteiger partial charge in [-0.1, -0.05) is 28.9 Å². The summed E-state index contributed by atoms with van der Waals surface area (Å²) in [5, 5.41) is 7.76. The summed E-state index contributed by atoms with van der Waals surface area (Å²) < 4.78 is 1.34. The molecule has 0 saturated carbocycles. The molecule has 1 heterocycles. The zero-order valence-electron chi connectivity index (χ0n) is 8.51. The summed E-state index contributed by atoms with van der Waals surface area (Å²) in [6, 6.07) is 6.74. The van der Waals surface area contributed by atoms with Crippen LogP contribution in [0, 0.1) is 0 Å². The summed E-state index contributed by atoms with van der Waals surface area (Å²) in [5.74, 6) is -0.0962. The maximum atomic E-state index is 12.0. The van der Waals surface area contributed by atoms with Gasteiger partial charge >= 0.3 is 0 Å². The molecule has 0 radical (unpaired) electrons. The first-order chi connectivity index (χ1) is 7.61. The highest BCUT2D eigenvalue weighted by Crippen LogP contribution is 2.20. The topological polar surface area (TPSA) is 73.8 Å². The molecule has 2 aromatic rings. The van der Waals surface area contributed by atoms with Crippen LogP contribution in [0.15, 0.2) is 24.3 Å². The Morgan fingerprint density at radius 2 is 2.12 bits per heavy atom. The van der Waals surface area contributed by atoms with Crippen LogP contribution in [-0.2, 0) is 7.05 Å². The first-order valence-corrected chi connectivity index (χ1v) is 4.93. The number of carbonyl (C=O) groups is 1. The third-order valence-electron chi connectivity index (χ3n) is 2.20. The molecule has 6 heteroatoms. The summed E-state index contributed by atoms with van der Waals surface area (Å²) in [7, 11) is 1.62. The van der Waals surface area contributed by atoms with Crippen LogP contribution in [-0.4, -0.2) is 20.8 Å². The van der Waals surface area contributed by atoms with Crippen molar-refractivity contribution in [2.75, 3.05) is 5.73 Å². The maximum Gasteiger partial charge on any atom is 0.218 e. The molecule has 2 N–H and O–H groups in total. The van der Waals surface area contributed by atoms with Crippen molar-refractivity contribution in [1.29, 1.82) is 0 Å². The van der Waals surface area contributed by atoms with Gasteiger partial charge in [0.2, 0.25) is 5.78 Å². The SMILES string of the molecule is Cn1nnc(C(=O)c2ccccc2Cl)c1N. The molecule has 82 valence electrons. The minimum Gasteiger partial charge on any atom is -0.382 e. The van der Waals surface area contributed by atoms with Crippen LogP contribution in [0.4, 0.5) is 5.82 Å². The highest BCUT2D eigenvalue weighted by atomic mass is 35.5. The second-order valence-corrected chi connectivity index (χ2v) is 3.66. The number of aryl methyl sites for hydroxylation is 1. The lowest BCUT2D eigenvalue weighted by Crippen LogP contribution is -2.07. The van der Waals surface area contributed by atoms with E-state index in [4.69, 9.17) is 17.3 Å². The van der Waals surface area contributed by atoms with Crippen molar-refractivity contribution in [3.63, 3.8) is 0 Å². The van der Waals surface area contributed by atoms with Gasteiger partial charge in [-0.05, 0) is 12.1 Å². The number of ketones is 1. The molecule has 0 bridgehead atoms. The van der Waals surface area contributed by atoms with E-state index in [0.717, 1.165) is 0 Å². The number of benzene rings is 1. The molecule has 0 fully saturated rings. The largest absolute Gasteiger partial charge is 0.382 e. The smallest absolute Gasteiger partial charge is 0.218 e. The maximum absolute atomic E-state index is 12.0. The van der Waals surface area contributed by atoms with Crippen LogP contribution in [0.5, 0.6) is 0 Å². The second kappa shape index (κ2) is 3.94. The number of nitrogens with two attached hydrogens (primary N) is 1. The van der Waals surface area contributed by atoms with Gasteiger partial charge in [-0.15, -0.1) is 5.10 Å². The highest BCUT2D eigenvalue weighted by molar-refractivity contribution is 6.35. The van der Waals surface area contributed by atoms with E-state index in [1.165, 1.54) is 4.68 Å². The van der Waals surface area contributed by atoms with Crippen LogP contribution >= 0.6 is 11.6 Å². The van der Waals surface area contributed by atoms with Gasteiger partial charge in [0.05, 0.1) is 5.02 Å². The Kier molecular flexibility index (Phi) is 2.62. The number of hydrogen-bond acceptors (Lipinski definition) is 4. The molecular formula is C10H9ClN4O. The predicted molar refractivity (Wildman–Crippen MR) is 60.3 cm³/mol. The number of aromatic nitrogens is 3. The number of carbonyl (C=O) groups excluding carboxylic acids is 1. The molecule has 1 aromatic heterocycles. The Labute approximate surface area is 96.8 Å². The summed E-state index contributed by atoms with van der Waals surface area (Å²) in [6.07, 6.45) is 0. The second-order valence-electron chi connectivity index (χ2n) is 3.26. The Morgan fingerprint density at radius 3 is 2.69 bits per heavy atom. The summed E-state index contributed by atoms with van der Waals surface area (Å²) in [4.78, 5) is 12.0. The van der Waals surface area contributed by atoms with Crippen molar-refractivity contribution in [2.45, 2.75) is 0 Å². The van der Waals surface area contributed by atoms with E-state index in [1.807, 2.05) is 0 Å². The molecule has 0 atom stereocenters. The molecule has 0 aliphatic carbocycles. The molecule has 5 nitrogen and oxygen atoms in total. The van der Waals surface area contributed by atoms with Crippen molar-refractivity contribution in [2.24, 2.45) is 7.05 Å². The highest BCUT2D eigenvalue weighted by Gasteiger charge is 2.19. The van der Waals surface area contributed by atoms with E-state index in [0.29, 0.717) is 10.6 Å². The molecule has 2 rings (SSSR count). The van der Waals surface area contributed by atoms with Crippen LogP contribution in [0.25, 0.3) is 0 Å². The number of nitrogen functional groups attached to an aromatic ring is 1. The number of hydrogen-bond donors (Lipinski definition) is 1. The first-order valence-electron chi connectivity index (χ1n) is 4.55. The van der Waals surface area contributed by atoms with Gasteiger partial charge in [0, 0.05) is 12.6 Å². The van der Waals surface area contributed by atoms with Gasteiger partial charge in [0.1, 0.15) is 0 Å². The minimum absolute atomic E-state index is 0.121. The molecular weight excluding hydrogens is 228 g/mol. The average Bonchev–Trinajstić information content (AvgIpc) is 2.60. The van der Waals surface area contributed by atoms with Crippen LogP contribution in [0.1, 0.15) is 16.1 Å². The van der Waals surface area contributed by atoms with E-state index in [9.17, 15) is 4.79 Å². The van der Waals surface area contributed by atoms with E-state index >= 15 is 0 Å². The van der Waals surface area contributed by atoms with Crippen LogP contribution in [0.2, 0.25) is 5.02 Å². The van der Waals surface area contributed by atoms with Crippen molar-refractivity contribution in [3.05, 3.63) is 40.5 Å². The van der Waals surface area contributed by atoms with E-state index in [2.05, 4.69) is 10.3 Å². The molecule has 0 amide bonds. The normalized spacial score (nSPS) is 10.4. The van der Waals surface area contributed by atoms with Crippen molar-refractivity contribution in [3.8, 4) is 0 Å². The fraction of sp³-hybridized carbons (Fsp3) is 0.100. The van der Waals surface area contributed by atoms with E-state index in [-0.39, 0.29) is 17.3 Å². The minimum atomic E-state index is -0.323. The zero-order chi connectivity index (χ0) is 11.7. The van der Waals surface area contributed by atoms with Crippen molar-refractivity contribution < 1.29 is 4.79 Å². The molecule has 1 aromatic carbocycles. The van der Waals surface area contributed by atoms with Crippen LogP contribution < -0.4 is 5.73 Å². The molecule has 0 aliphatic rings. The standard InChI is InChI=1S/C10H9ClN4O/c1-15-10(12)8(13-14-15)9(16)6-4-2-3-5-7(6)11/h2-5H,12H2,1H3. The zero-order valence-corrected chi connectivity index (χ0v) is 9.27. The molecule has 0 saturated heterocycles. The van der Waals surface area contributed by atoms with Crippen molar-refractivity contribution in [1.82, 2.24) is 15.0 Å². The summed E-state index contributed by atoms with van der Waals surface area (Å²) in [6.45, 7) is 0. The van der Waals surface area contributed by atoms with Gasteiger partial charge in [-0.2, -0.15) is 0 Å². The number of anilines is 1. The summed E-state index contributed by atoms with van der Waals surface area (Å²) in [5.41, 5.74) is 6.16. The van der Waals surface area contributed by atoms with Crippen LogP contribution in [0.3, 0.4) is 0 Å². The van der Waals surface area contributed by atoms with Gasteiger partial charge in [-0.3, -0.25) is 4.79 Å². The Hall–Kier alpha value is -1.88. The third-order valence-corrected chi connectivity index (χ3v) is 2.53. The molecule has 0 aliphatic heterocycles. The van der Waals surface area contributed by atoms with Gasteiger partial charge < -0.3 is 5.73 Å². The Balaban J connectivity index is 2.48. The van der Waals surface area contributed by atoms with E-state index < -0.39 is 0 Å². The fourth-order valence-corrected chi connectivity index (χ4v) is 1.52. The first kappa shape index (κ1) is 10.6. The number of halogens is 1.